The maximum absolute atomic E-state index is 9.05. The summed E-state index contributed by atoms with van der Waals surface area (Å²) < 4.78 is 0. The van der Waals surface area contributed by atoms with Gasteiger partial charge in [-0.1, -0.05) is 5.92 Å². The number of aliphatic hydroxyl groups is 1. The molecule has 1 heterocycles. The molecule has 0 aliphatic heterocycles. The lowest BCUT2D eigenvalue weighted by atomic mass is 10.2. The van der Waals surface area contributed by atoms with Gasteiger partial charge in [-0.15, -0.1) is 6.42 Å². The molecule has 62 valence electrons. The first kappa shape index (κ1) is 8.76. The lowest BCUT2D eigenvalue weighted by molar-refractivity contribution is 0.194. The summed E-state index contributed by atoms with van der Waals surface area (Å²) in [6, 6.07) is 3.66. The lowest BCUT2D eigenvalue weighted by Crippen LogP contribution is -2.05. The fourth-order valence-electron chi connectivity index (χ4n) is 0.933. The Hall–Kier alpha value is -1.33. The molecule has 1 aromatic rings. The number of hydrogen-bond donors (Lipinski definition) is 1. The fraction of sp³-hybridized carbons (Fsp3) is 0.300. The zero-order valence-electron chi connectivity index (χ0n) is 6.99. The van der Waals surface area contributed by atoms with Crippen molar-refractivity contribution < 1.29 is 5.11 Å². The van der Waals surface area contributed by atoms with Gasteiger partial charge in [0.15, 0.2) is 0 Å². The average molecular weight is 161 g/mol. The summed E-state index contributed by atoms with van der Waals surface area (Å²) in [4.78, 5) is 4.09. The van der Waals surface area contributed by atoms with Gasteiger partial charge in [-0.3, -0.25) is 4.98 Å². The molecule has 0 aliphatic rings. The Balaban J connectivity index is 2.73. The highest BCUT2D eigenvalue weighted by atomic mass is 16.3. The van der Waals surface area contributed by atoms with Crippen molar-refractivity contribution in [2.75, 3.05) is 0 Å². The highest BCUT2D eigenvalue weighted by Gasteiger charge is 1.99. The molecule has 0 bridgehead atoms. The Bertz CT molecular complexity index is 282. The van der Waals surface area contributed by atoms with E-state index >= 15 is 0 Å². The van der Waals surface area contributed by atoms with Crippen LogP contribution in [0.1, 0.15) is 18.2 Å². The van der Waals surface area contributed by atoms with E-state index in [1.54, 1.807) is 13.1 Å². The molecule has 1 unspecified atom stereocenters. The van der Waals surface area contributed by atoms with Crippen LogP contribution in [0.3, 0.4) is 0 Å². The van der Waals surface area contributed by atoms with Crippen molar-refractivity contribution in [2.45, 2.75) is 19.4 Å². The van der Waals surface area contributed by atoms with E-state index in [0.29, 0.717) is 6.42 Å². The van der Waals surface area contributed by atoms with E-state index in [1.165, 1.54) is 0 Å². The van der Waals surface area contributed by atoms with Crippen LogP contribution in [0.5, 0.6) is 0 Å². The van der Waals surface area contributed by atoms with E-state index in [-0.39, 0.29) is 6.10 Å². The van der Waals surface area contributed by atoms with Crippen molar-refractivity contribution in [2.24, 2.45) is 0 Å². The standard InChI is InChI=1S/C10H11NO/c1-3-9-4-5-10(11-7-9)6-8(2)12/h1,4-5,7-8,12H,6H2,2H3. The molecule has 0 amide bonds. The first-order chi connectivity index (χ1) is 5.72. The Kier molecular flexibility index (Phi) is 2.84. The Labute approximate surface area is 72.3 Å². The molecular formula is C10H11NO. The van der Waals surface area contributed by atoms with Crippen LogP contribution in [0.2, 0.25) is 0 Å². The second-order valence-corrected chi connectivity index (χ2v) is 2.74. The van der Waals surface area contributed by atoms with Crippen molar-refractivity contribution in [3.05, 3.63) is 29.6 Å². The normalized spacial score (nSPS) is 12.1. The highest BCUT2D eigenvalue weighted by molar-refractivity contribution is 5.29. The van der Waals surface area contributed by atoms with Crippen LogP contribution in [-0.2, 0) is 6.42 Å². The Morgan fingerprint density at radius 3 is 2.83 bits per heavy atom. The fourth-order valence-corrected chi connectivity index (χ4v) is 0.933. The van der Waals surface area contributed by atoms with Gasteiger partial charge in [0.2, 0.25) is 0 Å². The zero-order valence-corrected chi connectivity index (χ0v) is 6.99. The minimum atomic E-state index is -0.353. The average Bonchev–Trinajstić information content (AvgIpc) is 2.05. The molecule has 12 heavy (non-hydrogen) atoms. The first-order valence-corrected chi connectivity index (χ1v) is 3.82. The number of nitrogens with zero attached hydrogens (tertiary/aromatic N) is 1. The number of aromatic nitrogens is 1. The van der Waals surface area contributed by atoms with E-state index < -0.39 is 0 Å². The van der Waals surface area contributed by atoms with Gasteiger partial charge in [-0.05, 0) is 19.1 Å². The summed E-state index contributed by atoms with van der Waals surface area (Å²) in [6.07, 6.45) is 7.02. The second-order valence-electron chi connectivity index (χ2n) is 2.74. The summed E-state index contributed by atoms with van der Waals surface area (Å²) >= 11 is 0. The molecule has 0 spiro atoms. The van der Waals surface area contributed by atoms with Gasteiger partial charge in [0, 0.05) is 23.9 Å². The maximum atomic E-state index is 9.05. The molecule has 1 rings (SSSR count). The zero-order chi connectivity index (χ0) is 8.97. The maximum Gasteiger partial charge on any atom is 0.0567 e. The molecule has 2 nitrogen and oxygen atoms in total. The highest BCUT2D eigenvalue weighted by Crippen LogP contribution is 2.01. The predicted octanol–water partition coefficient (Wildman–Crippen LogP) is 0.986. The summed E-state index contributed by atoms with van der Waals surface area (Å²) in [7, 11) is 0. The van der Waals surface area contributed by atoms with Crippen LogP contribution >= 0.6 is 0 Å². The Morgan fingerprint density at radius 2 is 2.42 bits per heavy atom. The molecule has 0 aliphatic carbocycles. The first-order valence-electron chi connectivity index (χ1n) is 3.82. The number of aliphatic hydroxyl groups excluding tert-OH is 1. The number of rotatable bonds is 2. The van der Waals surface area contributed by atoms with Crippen LogP contribution in [0.4, 0.5) is 0 Å². The summed E-state index contributed by atoms with van der Waals surface area (Å²) in [5.41, 5.74) is 1.63. The molecule has 1 atom stereocenters. The number of hydrogen-bond acceptors (Lipinski definition) is 2. The van der Waals surface area contributed by atoms with Gasteiger partial charge >= 0.3 is 0 Å². The molecule has 0 radical (unpaired) electrons. The second kappa shape index (κ2) is 3.89. The van der Waals surface area contributed by atoms with Gasteiger partial charge in [-0.2, -0.15) is 0 Å². The third-order valence-electron chi connectivity index (χ3n) is 1.50. The molecule has 0 saturated carbocycles. The van der Waals surface area contributed by atoms with E-state index in [1.807, 2.05) is 12.1 Å². The van der Waals surface area contributed by atoms with Crippen molar-refractivity contribution in [3.63, 3.8) is 0 Å². The van der Waals surface area contributed by atoms with Crippen LogP contribution in [0.25, 0.3) is 0 Å². The van der Waals surface area contributed by atoms with Gasteiger partial charge in [0.25, 0.3) is 0 Å². The topological polar surface area (TPSA) is 33.1 Å². The third kappa shape index (κ3) is 2.37. The van der Waals surface area contributed by atoms with Crippen molar-refractivity contribution in [3.8, 4) is 12.3 Å². The van der Waals surface area contributed by atoms with Crippen molar-refractivity contribution in [1.29, 1.82) is 0 Å². The van der Waals surface area contributed by atoms with E-state index in [4.69, 9.17) is 11.5 Å². The van der Waals surface area contributed by atoms with E-state index in [0.717, 1.165) is 11.3 Å². The summed E-state index contributed by atoms with van der Waals surface area (Å²) in [5, 5.41) is 9.05. The monoisotopic (exact) mass is 161 g/mol. The molecule has 0 fully saturated rings. The quantitative estimate of drug-likeness (QED) is 0.656. The lowest BCUT2D eigenvalue weighted by Gasteiger charge is -2.02. The van der Waals surface area contributed by atoms with Crippen molar-refractivity contribution in [1.82, 2.24) is 4.98 Å². The number of pyridine rings is 1. The van der Waals surface area contributed by atoms with Crippen LogP contribution < -0.4 is 0 Å². The van der Waals surface area contributed by atoms with Crippen molar-refractivity contribution >= 4 is 0 Å². The van der Waals surface area contributed by atoms with Gasteiger partial charge in [0.1, 0.15) is 0 Å². The third-order valence-corrected chi connectivity index (χ3v) is 1.50. The van der Waals surface area contributed by atoms with Crippen LogP contribution in [-0.4, -0.2) is 16.2 Å². The molecule has 0 aromatic carbocycles. The van der Waals surface area contributed by atoms with E-state index in [9.17, 15) is 0 Å². The van der Waals surface area contributed by atoms with Crippen LogP contribution in [0.15, 0.2) is 18.3 Å². The molecule has 1 N–H and O–H groups in total. The Morgan fingerprint density at radius 1 is 1.67 bits per heavy atom. The molecule has 2 heteroatoms. The summed E-state index contributed by atoms with van der Waals surface area (Å²) in [5.74, 6) is 2.48. The summed E-state index contributed by atoms with van der Waals surface area (Å²) in [6.45, 7) is 1.73. The number of terminal acetylenes is 1. The van der Waals surface area contributed by atoms with Gasteiger partial charge < -0.3 is 5.11 Å². The largest absolute Gasteiger partial charge is 0.393 e. The minimum Gasteiger partial charge on any atom is -0.393 e. The SMILES string of the molecule is C#Cc1ccc(CC(C)O)nc1. The molecule has 0 saturated heterocycles. The predicted molar refractivity (Wildman–Crippen MR) is 47.6 cm³/mol. The van der Waals surface area contributed by atoms with Crippen LogP contribution in [0, 0.1) is 12.3 Å². The van der Waals surface area contributed by atoms with E-state index in [2.05, 4.69) is 10.9 Å². The molecular weight excluding hydrogens is 150 g/mol. The minimum absolute atomic E-state index is 0.353. The molecule has 1 aromatic heterocycles. The smallest absolute Gasteiger partial charge is 0.0567 e. The van der Waals surface area contributed by atoms with Gasteiger partial charge in [0.05, 0.1) is 6.10 Å². The van der Waals surface area contributed by atoms with Gasteiger partial charge in [-0.25, -0.2) is 0 Å².